The van der Waals surface area contributed by atoms with Crippen LogP contribution in [0.15, 0.2) is 24.3 Å². The second kappa shape index (κ2) is 7.25. The van der Waals surface area contributed by atoms with Crippen molar-refractivity contribution in [2.75, 3.05) is 31.7 Å². The predicted molar refractivity (Wildman–Crippen MR) is 66.7 cm³/mol. The largest absolute Gasteiger partial charge is 0.369 e. The molecule has 1 rings (SSSR count). The maximum atomic E-state index is 13.1. The van der Waals surface area contributed by atoms with Gasteiger partial charge in [0.25, 0.3) is 0 Å². The maximum absolute atomic E-state index is 13.1. The van der Waals surface area contributed by atoms with Gasteiger partial charge in [0.05, 0.1) is 6.54 Å². The van der Waals surface area contributed by atoms with Gasteiger partial charge in [0.2, 0.25) is 0 Å². The van der Waals surface area contributed by atoms with Gasteiger partial charge in [0, 0.05) is 25.9 Å². The molecule has 0 spiro atoms. The van der Waals surface area contributed by atoms with Gasteiger partial charge in [0.1, 0.15) is 5.82 Å². The van der Waals surface area contributed by atoms with E-state index in [1.54, 1.807) is 6.07 Å². The molecule has 0 atom stereocenters. The van der Waals surface area contributed by atoms with Gasteiger partial charge >= 0.3 is 0 Å². The molecule has 0 amide bonds. The Kier molecular flexibility index (Phi) is 5.94. The molecule has 3 nitrogen and oxygen atoms in total. The number of benzene rings is 1. The summed E-state index contributed by atoms with van der Waals surface area (Å²) in [7, 11) is 1.89. The summed E-state index contributed by atoms with van der Waals surface area (Å²) in [6, 6.07) is 6.48. The fourth-order valence-electron chi connectivity index (χ4n) is 1.57. The number of hydrogen-bond acceptors (Lipinski definition) is 3. The molecule has 0 bridgehead atoms. The lowest BCUT2D eigenvalue weighted by molar-refractivity contribution is -0.129. The van der Waals surface area contributed by atoms with E-state index in [-0.39, 0.29) is 12.1 Å². The molecule has 17 heavy (non-hydrogen) atoms. The van der Waals surface area contributed by atoms with E-state index in [0.29, 0.717) is 19.8 Å². The Bertz CT molecular complexity index is 327. The van der Waals surface area contributed by atoms with Crippen LogP contribution in [0.3, 0.4) is 0 Å². The first-order valence-corrected chi connectivity index (χ1v) is 5.87. The summed E-state index contributed by atoms with van der Waals surface area (Å²) in [5, 5.41) is 0. The zero-order valence-electron chi connectivity index (χ0n) is 10.6. The summed E-state index contributed by atoms with van der Waals surface area (Å²) in [4.78, 5) is 1.92. The molecule has 0 unspecified atom stereocenters. The van der Waals surface area contributed by atoms with Crippen LogP contribution in [0, 0.1) is 5.82 Å². The summed E-state index contributed by atoms with van der Waals surface area (Å²) in [6.07, 6.45) is -0.279. The molecular weight excluding hydrogens is 221 g/mol. The Hall–Kier alpha value is -1.13. The van der Waals surface area contributed by atoms with Crippen molar-refractivity contribution in [1.29, 1.82) is 0 Å². The molecule has 4 heteroatoms. The quantitative estimate of drug-likeness (QED) is 0.685. The molecular formula is C13H20FNO2. The Morgan fingerprint density at radius 1 is 1.24 bits per heavy atom. The highest BCUT2D eigenvalue weighted by atomic mass is 19.1. The van der Waals surface area contributed by atoms with Gasteiger partial charge in [0.15, 0.2) is 6.29 Å². The number of halogens is 1. The monoisotopic (exact) mass is 241 g/mol. The van der Waals surface area contributed by atoms with Crippen molar-refractivity contribution >= 4 is 5.69 Å². The Labute approximate surface area is 102 Å². The van der Waals surface area contributed by atoms with Gasteiger partial charge in [-0.1, -0.05) is 6.07 Å². The van der Waals surface area contributed by atoms with Crippen LogP contribution in [0.25, 0.3) is 0 Å². The predicted octanol–water partition coefficient (Wildman–Crippen LogP) is 2.66. The summed E-state index contributed by atoms with van der Waals surface area (Å²) in [5.74, 6) is -0.237. The summed E-state index contributed by atoms with van der Waals surface area (Å²) in [5.41, 5.74) is 0.814. The lowest BCUT2D eigenvalue weighted by Crippen LogP contribution is -2.33. The van der Waals surface area contributed by atoms with Crippen LogP contribution in [0.2, 0.25) is 0 Å². The van der Waals surface area contributed by atoms with Gasteiger partial charge in [-0.05, 0) is 32.0 Å². The summed E-state index contributed by atoms with van der Waals surface area (Å²) in [6.45, 7) is 5.62. The van der Waals surface area contributed by atoms with Gasteiger partial charge in [-0.2, -0.15) is 0 Å². The minimum absolute atomic E-state index is 0.237. The van der Waals surface area contributed by atoms with Crippen molar-refractivity contribution in [3.05, 3.63) is 30.1 Å². The first-order chi connectivity index (χ1) is 8.17. The van der Waals surface area contributed by atoms with Crippen LogP contribution in [0.1, 0.15) is 13.8 Å². The lowest BCUT2D eigenvalue weighted by Gasteiger charge is -2.25. The molecule has 0 aliphatic rings. The SMILES string of the molecule is CCOC(CN(C)c1cccc(F)c1)OCC. The van der Waals surface area contributed by atoms with Crippen molar-refractivity contribution in [1.82, 2.24) is 0 Å². The third kappa shape index (κ3) is 4.71. The smallest absolute Gasteiger partial charge is 0.174 e. The average Bonchev–Trinajstić information content (AvgIpc) is 2.29. The first kappa shape index (κ1) is 13.9. The second-order valence-electron chi connectivity index (χ2n) is 3.70. The second-order valence-corrected chi connectivity index (χ2v) is 3.70. The van der Waals surface area contributed by atoms with E-state index in [4.69, 9.17) is 9.47 Å². The Morgan fingerprint density at radius 2 is 1.88 bits per heavy atom. The van der Waals surface area contributed by atoms with Crippen LogP contribution in [-0.2, 0) is 9.47 Å². The number of hydrogen-bond donors (Lipinski definition) is 0. The van der Waals surface area contributed by atoms with Crippen LogP contribution in [0.4, 0.5) is 10.1 Å². The highest BCUT2D eigenvalue weighted by Gasteiger charge is 2.12. The number of rotatable bonds is 7. The molecule has 0 N–H and O–H groups in total. The fourth-order valence-corrected chi connectivity index (χ4v) is 1.57. The molecule has 0 aliphatic heterocycles. The normalized spacial score (nSPS) is 10.9. The minimum atomic E-state index is -0.279. The van der Waals surface area contributed by atoms with Crippen LogP contribution < -0.4 is 4.90 Å². The van der Waals surface area contributed by atoms with Crippen LogP contribution in [-0.4, -0.2) is 33.1 Å². The Balaban J connectivity index is 2.59. The maximum Gasteiger partial charge on any atom is 0.174 e. The molecule has 0 aromatic heterocycles. The number of ether oxygens (including phenoxy) is 2. The van der Waals surface area contributed by atoms with Crippen molar-refractivity contribution in [2.24, 2.45) is 0 Å². The van der Waals surface area contributed by atoms with Crippen LogP contribution >= 0.6 is 0 Å². The molecule has 1 aromatic rings. The third-order valence-corrected chi connectivity index (χ3v) is 2.38. The van der Waals surface area contributed by atoms with E-state index in [2.05, 4.69) is 0 Å². The topological polar surface area (TPSA) is 21.7 Å². The van der Waals surface area contributed by atoms with Gasteiger partial charge in [-0.3, -0.25) is 0 Å². The van der Waals surface area contributed by atoms with E-state index in [1.165, 1.54) is 12.1 Å². The zero-order chi connectivity index (χ0) is 12.7. The van der Waals surface area contributed by atoms with Crippen molar-refractivity contribution in [3.8, 4) is 0 Å². The summed E-state index contributed by atoms with van der Waals surface area (Å²) < 4.78 is 24.0. The standard InChI is InChI=1S/C13H20FNO2/c1-4-16-13(17-5-2)10-15(3)12-8-6-7-11(14)9-12/h6-9,13H,4-5,10H2,1-3H3. The van der Waals surface area contributed by atoms with Crippen molar-refractivity contribution < 1.29 is 13.9 Å². The van der Waals surface area contributed by atoms with E-state index >= 15 is 0 Å². The van der Waals surface area contributed by atoms with Crippen molar-refractivity contribution in [3.63, 3.8) is 0 Å². The van der Waals surface area contributed by atoms with E-state index < -0.39 is 0 Å². The molecule has 0 fully saturated rings. The first-order valence-electron chi connectivity index (χ1n) is 5.87. The number of likely N-dealkylation sites (N-methyl/N-ethyl adjacent to an activating group) is 1. The molecule has 0 saturated heterocycles. The lowest BCUT2D eigenvalue weighted by atomic mass is 10.3. The van der Waals surface area contributed by atoms with Gasteiger partial charge in [-0.15, -0.1) is 0 Å². The third-order valence-electron chi connectivity index (χ3n) is 2.38. The summed E-state index contributed by atoms with van der Waals surface area (Å²) >= 11 is 0. The number of nitrogens with zero attached hydrogens (tertiary/aromatic N) is 1. The highest BCUT2D eigenvalue weighted by Crippen LogP contribution is 2.14. The molecule has 96 valence electrons. The van der Waals surface area contributed by atoms with E-state index in [0.717, 1.165) is 5.69 Å². The van der Waals surface area contributed by atoms with Crippen molar-refractivity contribution in [2.45, 2.75) is 20.1 Å². The zero-order valence-corrected chi connectivity index (χ0v) is 10.6. The fraction of sp³-hybridized carbons (Fsp3) is 0.538. The molecule has 1 aromatic carbocycles. The highest BCUT2D eigenvalue weighted by molar-refractivity contribution is 5.45. The molecule has 0 aliphatic carbocycles. The van der Waals surface area contributed by atoms with E-state index in [1.807, 2.05) is 31.9 Å². The van der Waals surface area contributed by atoms with Gasteiger partial charge in [-0.25, -0.2) is 4.39 Å². The Morgan fingerprint density at radius 3 is 2.41 bits per heavy atom. The van der Waals surface area contributed by atoms with E-state index in [9.17, 15) is 4.39 Å². The molecule has 0 radical (unpaired) electrons. The van der Waals surface area contributed by atoms with Gasteiger partial charge < -0.3 is 14.4 Å². The van der Waals surface area contributed by atoms with Crippen LogP contribution in [0.5, 0.6) is 0 Å². The molecule has 0 heterocycles. The number of anilines is 1. The average molecular weight is 241 g/mol. The molecule has 0 saturated carbocycles. The minimum Gasteiger partial charge on any atom is -0.369 e.